The molecule has 1 aliphatic carbocycles. The Morgan fingerprint density at radius 3 is 2.59 bits per heavy atom. The van der Waals surface area contributed by atoms with Crippen molar-refractivity contribution < 1.29 is 23.5 Å². The van der Waals surface area contributed by atoms with Gasteiger partial charge in [-0.3, -0.25) is 14.6 Å². The van der Waals surface area contributed by atoms with Crippen LogP contribution in [0.15, 0.2) is 42.7 Å². The number of primary amides is 1. The molecule has 3 heterocycles. The normalized spacial score (nSPS) is 18.2. The number of pyridine rings is 2. The molecule has 0 bridgehead atoms. The number of fused-ring (bicyclic) bond motifs is 1. The summed E-state index contributed by atoms with van der Waals surface area (Å²) in [4.78, 5) is 33.2. The third-order valence-electron chi connectivity index (χ3n) is 6.28. The summed E-state index contributed by atoms with van der Waals surface area (Å²) in [7, 11) is 0. The fourth-order valence-electron chi connectivity index (χ4n) is 4.34. The Morgan fingerprint density at radius 1 is 1.00 bits per heavy atom. The van der Waals surface area contributed by atoms with Crippen molar-refractivity contribution in [1.29, 1.82) is 0 Å². The zero-order valence-electron chi connectivity index (χ0n) is 19.8. The van der Waals surface area contributed by atoms with Crippen LogP contribution in [0.2, 0.25) is 0 Å². The Bertz CT molecular complexity index is 1350. The highest BCUT2D eigenvalue weighted by molar-refractivity contribution is 6.05. The molecule has 37 heavy (non-hydrogen) atoms. The predicted octanol–water partition coefficient (Wildman–Crippen LogP) is 3.12. The highest BCUT2D eigenvalue weighted by atomic mass is 19.1. The Hall–Kier alpha value is -4.45. The minimum Gasteiger partial charge on any atom is -0.454 e. The van der Waals surface area contributed by atoms with Crippen LogP contribution in [0.3, 0.4) is 0 Å². The van der Waals surface area contributed by atoms with Crippen LogP contribution in [0.5, 0.6) is 11.5 Å². The van der Waals surface area contributed by atoms with Crippen molar-refractivity contribution in [3.8, 4) is 11.5 Å². The van der Waals surface area contributed by atoms with E-state index in [9.17, 15) is 14.0 Å². The van der Waals surface area contributed by atoms with E-state index in [1.165, 1.54) is 12.4 Å². The van der Waals surface area contributed by atoms with Crippen LogP contribution in [0.25, 0.3) is 0 Å². The van der Waals surface area contributed by atoms with Gasteiger partial charge in [-0.25, -0.2) is 9.37 Å². The van der Waals surface area contributed by atoms with E-state index < -0.39 is 11.7 Å². The summed E-state index contributed by atoms with van der Waals surface area (Å²) < 4.78 is 25.4. The van der Waals surface area contributed by atoms with Crippen LogP contribution < -0.4 is 36.9 Å². The molecule has 192 valence electrons. The summed E-state index contributed by atoms with van der Waals surface area (Å²) in [5.74, 6) is -0.876. The minimum absolute atomic E-state index is 0.0323. The number of hydrogen-bond donors (Lipinski definition) is 5. The number of benzene rings is 1. The number of hydrogen-bond acceptors (Lipinski definition) is 9. The second-order valence-corrected chi connectivity index (χ2v) is 8.89. The first kappa shape index (κ1) is 24.3. The van der Waals surface area contributed by atoms with Gasteiger partial charge < -0.3 is 36.9 Å². The van der Waals surface area contributed by atoms with E-state index in [4.69, 9.17) is 20.9 Å². The molecular formula is C25H26FN7O4. The van der Waals surface area contributed by atoms with Gasteiger partial charge in [-0.1, -0.05) is 12.8 Å². The molecule has 12 heteroatoms. The lowest BCUT2D eigenvalue weighted by atomic mass is 9.91. The maximum absolute atomic E-state index is 14.8. The fourth-order valence-corrected chi connectivity index (χ4v) is 4.34. The smallest absolute Gasteiger partial charge is 0.255 e. The third-order valence-corrected chi connectivity index (χ3v) is 6.28. The van der Waals surface area contributed by atoms with Crippen molar-refractivity contribution in [3.63, 3.8) is 0 Å². The summed E-state index contributed by atoms with van der Waals surface area (Å²) >= 11 is 0. The molecule has 1 saturated carbocycles. The molecule has 1 fully saturated rings. The number of amides is 2. The molecule has 1 unspecified atom stereocenters. The SMILES string of the molecule is NC(=O)c1cc(F)c(NC2CCCC[C@@H]2N)nc1Nc1cncc(NC(=O)c2ccc3c(c2)OCO3)c1. The number of anilines is 4. The van der Waals surface area contributed by atoms with Gasteiger partial charge >= 0.3 is 0 Å². The van der Waals surface area contributed by atoms with E-state index in [0.29, 0.717) is 28.4 Å². The molecule has 0 radical (unpaired) electrons. The first-order chi connectivity index (χ1) is 17.9. The van der Waals surface area contributed by atoms with Gasteiger partial charge in [0, 0.05) is 17.6 Å². The first-order valence-corrected chi connectivity index (χ1v) is 11.8. The lowest BCUT2D eigenvalue weighted by Crippen LogP contribution is -2.43. The molecule has 7 N–H and O–H groups in total. The predicted molar refractivity (Wildman–Crippen MR) is 135 cm³/mol. The van der Waals surface area contributed by atoms with E-state index in [1.54, 1.807) is 24.3 Å². The van der Waals surface area contributed by atoms with E-state index >= 15 is 0 Å². The Kier molecular flexibility index (Phi) is 6.73. The average Bonchev–Trinajstić information content (AvgIpc) is 3.35. The Balaban J connectivity index is 1.35. The standard InChI is InChI=1S/C25H26FN7O4/c26-17-9-16(22(28)34)23(33-24(17)32-19-4-2-1-3-18(19)27)30-14-8-15(11-29-10-14)31-25(35)13-5-6-20-21(7-13)37-12-36-20/h5-11,18-19H,1-4,12,27H2,(H2,28,34)(H,31,35)(H2,30,32,33)/t18-,19?/m0/s1. The average molecular weight is 508 g/mol. The van der Waals surface area contributed by atoms with Crippen molar-refractivity contribution in [2.45, 2.75) is 37.8 Å². The van der Waals surface area contributed by atoms with Gasteiger partial charge in [0.05, 0.1) is 29.3 Å². The van der Waals surface area contributed by atoms with Crippen molar-refractivity contribution >= 4 is 34.8 Å². The van der Waals surface area contributed by atoms with Gasteiger partial charge in [-0.05, 0) is 43.2 Å². The number of nitrogens with two attached hydrogens (primary N) is 2. The van der Waals surface area contributed by atoms with Gasteiger partial charge in [-0.15, -0.1) is 0 Å². The number of halogens is 1. The van der Waals surface area contributed by atoms with Crippen LogP contribution in [-0.4, -0.2) is 40.7 Å². The Morgan fingerprint density at radius 2 is 1.78 bits per heavy atom. The van der Waals surface area contributed by atoms with E-state index in [-0.39, 0.29) is 42.0 Å². The molecule has 2 aromatic heterocycles. The van der Waals surface area contributed by atoms with Crippen LogP contribution in [-0.2, 0) is 0 Å². The number of ether oxygens (including phenoxy) is 2. The zero-order chi connectivity index (χ0) is 25.9. The summed E-state index contributed by atoms with van der Waals surface area (Å²) in [6, 6.07) is 7.22. The fraction of sp³-hybridized carbons (Fsp3) is 0.280. The lowest BCUT2D eigenvalue weighted by Gasteiger charge is -2.30. The maximum atomic E-state index is 14.8. The molecule has 0 spiro atoms. The quantitative estimate of drug-likeness (QED) is 0.323. The van der Waals surface area contributed by atoms with Crippen LogP contribution in [0, 0.1) is 5.82 Å². The van der Waals surface area contributed by atoms with Crippen molar-refractivity contribution in [2.24, 2.45) is 11.5 Å². The molecule has 1 aromatic carbocycles. The summed E-state index contributed by atoms with van der Waals surface area (Å²) in [5.41, 5.74) is 12.7. The minimum atomic E-state index is -0.852. The third kappa shape index (κ3) is 5.38. The zero-order valence-corrected chi connectivity index (χ0v) is 19.8. The molecule has 2 aliphatic rings. The molecule has 0 saturated heterocycles. The number of nitrogens with zero attached hydrogens (tertiary/aromatic N) is 2. The first-order valence-electron chi connectivity index (χ1n) is 11.8. The van der Waals surface area contributed by atoms with E-state index in [1.807, 2.05) is 0 Å². The van der Waals surface area contributed by atoms with Gasteiger partial charge in [-0.2, -0.15) is 0 Å². The molecule has 11 nitrogen and oxygen atoms in total. The van der Waals surface area contributed by atoms with Gasteiger partial charge in [0.1, 0.15) is 5.82 Å². The maximum Gasteiger partial charge on any atom is 0.255 e. The number of carbonyl (C=O) groups is 2. The topological polar surface area (TPSA) is 167 Å². The molecule has 5 rings (SSSR count). The van der Waals surface area contributed by atoms with Crippen molar-refractivity contribution in [1.82, 2.24) is 9.97 Å². The van der Waals surface area contributed by atoms with E-state index in [0.717, 1.165) is 31.7 Å². The summed E-state index contributed by atoms with van der Waals surface area (Å²) in [5, 5.41) is 8.78. The number of rotatable bonds is 7. The largest absolute Gasteiger partial charge is 0.454 e. The lowest BCUT2D eigenvalue weighted by molar-refractivity contribution is 0.0997. The van der Waals surface area contributed by atoms with E-state index in [2.05, 4.69) is 25.9 Å². The van der Waals surface area contributed by atoms with Crippen molar-refractivity contribution in [3.05, 3.63) is 59.7 Å². The molecule has 2 atom stereocenters. The van der Waals surface area contributed by atoms with Gasteiger partial charge in [0.25, 0.3) is 11.8 Å². The molecule has 1 aliphatic heterocycles. The summed E-state index contributed by atoms with van der Waals surface area (Å²) in [6.45, 7) is 0.105. The summed E-state index contributed by atoms with van der Waals surface area (Å²) in [6.07, 6.45) is 6.56. The highest BCUT2D eigenvalue weighted by Gasteiger charge is 2.24. The monoisotopic (exact) mass is 507 g/mol. The second-order valence-electron chi connectivity index (χ2n) is 8.89. The van der Waals surface area contributed by atoms with Gasteiger partial charge in [0.15, 0.2) is 23.1 Å². The molecule has 3 aromatic rings. The molecular weight excluding hydrogens is 481 g/mol. The molecule has 2 amide bonds. The van der Waals surface area contributed by atoms with Gasteiger partial charge in [0.2, 0.25) is 6.79 Å². The van der Waals surface area contributed by atoms with Crippen molar-refractivity contribution in [2.75, 3.05) is 22.7 Å². The number of nitrogens with one attached hydrogen (secondary N) is 3. The second kappa shape index (κ2) is 10.3. The van der Waals surface area contributed by atoms with Crippen LogP contribution >= 0.6 is 0 Å². The highest BCUT2D eigenvalue weighted by Crippen LogP contribution is 2.33. The Labute approximate surface area is 211 Å². The number of carbonyl (C=O) groups excluding carboxylic acids is 2. The van der Waals surface area contributed by atoms with Crippen LogP contribution in [0.4, 0.5) is 27.4 Å². The number of aromatic nitrogens is 2. The van der Waals surface area contributed by atoms with Crippen LogP contribution in [0.1, 0.15) is 46.4 Å².